The highest BCUT2D eigenvalue weighted by Crippen LogP contribution is 2.49. The van der Waals surface area contributed by atoms with E-state index in [1.54, 1.807) is 30.3 Å². The summed E-state index contributed by atoms with van der Waals surface area (Å²) in [5.74, 6) is 0.469. The van der Waals surface area contributed by atoms with Gasteiger partial charge in [-0.15, -0.1) is 0 Å². The number of aryl methyl sites for hydroxylation is 1. The van der Waals surface area contributed by atoms with Crippen molar-refractivity contribution < 1.29 is 17.9 Å². The Bertz CT molecular complexity index is 1640. The summed E-state index contributed by atoms with van der Waals surface area (Å²) < 4.78 is 43.3. The Morgan fingerprint density at radius 1 is 1.03 bits per heavy atom. The first kappa shape index (κ1) is 24.1. The highest BCUT2D eigenvalue weighted by atomic mass is 32.2. The Labute approximate surface area is 218 Å². The van der Waals surface area contributed by atoms with Gasteiger partial charge >= 0.3 is 5.63 Å². The number of hydrogen-bond acceptors (Lipinski definition) is 8. The summed E-state index contributed by atoms with van der Waals surface area (Å²) in [5, 5.41) is 11.3. The monoisotopic (exact) mass is 537 g/mol. The summed E-state index contributed by atoms with van der Waals surface area (Å²) in [4.78, 5) is 13.3. The zero-order valence-electron chi connectivity index (χ0n) is 20.1. The van der Waals surface area contributed by atoms with Gasteiger partial charge < -0.3 is 9.52 Å². The summed E-state index contributed by atoms with van der Waals surface area (Å²) in [6, 6.07) is 11.9. The average molecular weight is 538 g/mol. The van der Waals surface area contributed by atoms with Crippen LogP contribution in [0.4, 0.5) is 5.69 Å². The minimum atomic E-state index is -3.93. The second-order valence-corrected chi connectivity index (χ2v) is 12.1. The summed E-state index contributed by atoms with van der Waals surface area (Å²) in [6.07, 6.45) is 7.26. The minimum absolute atomic E-state index is 0.0544. The number of aromatic hydroxyl groups is 1. The van der Waals surface area contributed by atoms with Crippen LogP contribution in [0.25, 0.3) is 11.0 Å². The fourth-order valence-corrected chi connectivity index (χ4v) is 7.22. The first-order valence-corrected chi connectivity index (χ1v) is 14.9. The molecule has 0 amide bonds. The smallest absolute Gasteiger partial charge is 0.343 e. The standard InChI is InChI=1S/C27H27N3O5S2/c31-26-19-9-3-1-2-4-11-21(19)35-27(32)24(26)23(16-13-14-16)17-7-5-8-18(15-17)30-37(33,34)22-12-6-10-20-25(22)29-36-28-20/h5-8,10,12,15-16,23,30-31H,1-4,9,11,13-14H2. The molecule has 0 radical (unpaired) electrons. The average Bonchev–Trinajstić information content (AvgIpc) is 3.57. The molecule has 10 heteroatoms. The highest BCUT2D eigenvalue weighted by Gasteiger charge is 2.38. The van der Waals surface area contributed by atoms with Crippen molar-refractivity contribution in [2.45, 2.75) is 62.2 Å². The Morgan fingerprint density at radius 3 is 2.62 bits per heavy atom. The van der Waals surface area contributed by atoms with E-state index in [9.17, 15) is 18.3 Å². The van der Waals surface area contributed by atoms with Gasteiger partial charge in [0.25, 0.3) is 10.0 Å². The molecule has 1 atom stereocenters. The molecule has 2 aromatic heterocycles. The number of anilines is 1. The third kappa shape index (κ3) is 4.64. The van der Waals surface area contributed by atoms with Crippen LogP contribution >= 0.6 is 11.7 Å². The molecule has 0 bridgehead atoms. The zero-order valence-corrected chi connectivity index (χ0v) is 21.8. The van der Waals surface area contributed by atoms with E-state index in [2.05, 4.69) is 13.5 Å². The van der Waals surface area contributed by atoms with Crippen LogP contribution in [0.3, 0.4) is 0 Å². The maximum absolute atomic E-state index is 13.3. The second-order valence-electron chi connectivity index (χ2n) is 9.90. The third-order valence-electron chi connectivity index (χ3n) is 7.33. The summed E-state index contributed by atoms with van der Waals surface area (Å²) in [5.41, 5.74) is 2.54. The molecular formula is C27H27N3O5S2. The van der Waals surface area contributed by atoms with Crippen LogP contribution in [0.15, 0.2) is 56.6 Å². The molecule has 192 valence electrons. The third-order valence-corrected chi connectivity index (χ3v) is 9.29. The van der Waals surface area contributed by atoms with Gasteiger partial charge in [0.2, 0.25) is 0 Å². The number of nitrogens with one attached hydrogen (secondary N) is 1. The summed E-state index contributed by atoms with van der Waals surface area (Å²) >= 11 is 0.964. The molecule has 1 saturated carbocycles. The lowest BCUT2D eigenvalue weighted by Gasteiger charge is -2.22. The first-order valence-electron chi connectivity index (χ1n) is 12.6. The van der Waals surface area contributed by atoms with Crippen molar-refractivity contribution >= 4 is 38.5 Å². The van der Waals surface area contributed by atoms with Crippen LogP contribution in [-0.4, -0.2) is 22.3 Å². The normalized spacial score (nSPS) is 17.1. The van der Waals surface area contributed by atoms with Gasteiger partial charge in [-0.05, 0) is 67.9 Å². The Kier molecular flexibility index (Phi) is 6.24. The molecule has 1 unspecified atom stereocenters. The predicted molar refractivity (Wildman–Crippen MR) is 142 cm³/mol. The first-order chi connectivity index (χ1) is 17.9. The van der Waals surface area contributed by atoms with Gasteiger partial charge in [-0.3, -0.25) is 4.72 Å². The number of hydrogen-bond donors (Lipinski definition) is 2. The van der Waals surface area contributed by atoms with Crippen LogP contribution in [0.5, 0.6) is 5.75 Å². The topological polar surface area (TPSA) is 122 Å². The van der Waals surface area contributed by atoms with Gasteiger partial charge in [0.15, 0.2) is 0 Å². The van der Waals surface area contributed by atoms with Crippen molar-refractivity contribution in [3.05, 3.63) is 75.3 Å². The molecule has 0 aliphatic heterocycles. The number of benzene rings is 2. The maximum atomic E-state index is 13.3. The van der Waals surface area contributed by atoms with Crippen LogP contribution in [0.2, 0.25) is 0 Å². The van der Waals surface area contributed by atoms with E-state index >= 15 is 0 Å². The van der Waals surface area contributed by atoms with Crippen molar-refractivity contribution in [1.82, 2.24) is 8.75 Å². The SMILES string of the molecule is O=c1oc2c(c(O)c1C(c1cccc(NS(=O)(=O)c3cccc4nsnc34)c1)C1CC1)CCCCCC2. The predicted octanol–water partition coefficient (Wildman–Crippen LogP) is 5.35. The van der Waals surface area contributed by atoms with E-state index in [1.165, 1.54) is 6.07 Å². The van der Waals surface area contributed by atoms with Crippen molar-refractivity contribution in [3.63, 3.8) is 0 Å². The lowest BCUT2D eigenvalue weighted by atomic mass is 9.85. The quantitative estimate of drug-likeness (QED) is 0.340. The molecule has 4 aromatic rings. The molecule has 2 N–H and O–H groups in total. The van der Waals surface area contributed by atoms with Crippen LogP contribution in [-0.2, 0) is 22.9 Å². The van der Waals surface area contributed by atoms with Gasteiger partial charge in [0, 0.05) is 23.6 Å². The molecule has 2 aliphatic carbocycles. The molecule has 2 aliphatic rings. The number of sulfonamides is 1. The number of rotatable bonds is 6. The van der Waals surface area contributed by atoms with Crippen LogP contribution in [0, 0.1) is 5.92 Å². The zero-order chi connectivity index (χ0) is 25.6. The van der Waals surface area contributed by atoms with Crippen molar-refractivity contribution in [2.24, 2.45) is 5.92 Å². The van der Waals surface area contributed by atoms with E-state index in [1.807, 2.05) is 6.07 Å². The van der Waals surface area contributed by atoms with E-state index in [0.29, 0.717) is 40.9 Å². The molecule has 0 saturated heterocycles. The molecular weight excluding hydrogens is 510 g/mol. The van der Waals surface area contributed by atoms with Gasteiger partial charge in [0.05, 0.1) is 17.3 Å². The number of fused-ring (bicyclic) bond motifs is 2. The van der Waals surface area contributed by atoms with Crippen molar-refractivity contribution in [3.8, 4) is 5.75 Å². The fourth-order valence-electron chi connectivity index (χ4n) is 5.40. The molecule has 1 fully saturated rings. The molecule has 37 heavy (non-hydrogen) atoms. The van der Waals surface area contributed by atoms with Crippen LogP contribution < -0.4 is 10.3 Å². The van der Waals surface area contributed by atoms with Gasteiger partial charge in [-0.25, -0.2) is 13.2 Å². The maximum Gasteiger partial charge on any atom is 0.343 e. The minimum Gasteiger partial charge on any atom is -0.507 e. The molecule has 6 rings (SSSR count). The molecule has 0 spiro atoms. The van der Waals surface area contributed by atoms with Gasteiger partial charge in [-0.2, -0.15) is 8.75 Å². The molecule has 2 aromatic carbocycles. The van der Waals surface area contributed by atoms with Crippen molar-refractivity contribution in [1.29, 1.82) is 0 Å². The highest BCUT2D eigenvalue weighted by molar-refractivity contribution is 7.93. The Balaban J connectivity index is 1.38. The Morgan fingerprint density at radius 2 is 1.81 bits per heavy atom. The van der Waals surface area contributed by atoms with E-state index in [4.69, 9.17) is 4.42 Å². The molecule has 2 heterocycles. The van der Waals surface area contributed by atoms with E-state index in [0.717, 1.165) is 61.4 Å². The van der Waals surface area contributed by atoms with E-state index < -0.39 is 15.6 Å². The van der Waals surface area contributed by atoms with E-state index in [-0.39, 0.29) is 22.5 Å². The number of nitrogens with zero attached hydrogens (tertiary/aromatic N) is 2. The fraction of sp³-hybridized carbons (Fsp3) is 0.370. The van der Waals surface area contributed by atoms with Gasteiger partial charge in [-0.1, -0.05) is 31.0 Å². The van der Waals surface area contributed by atoms with Crippen LogP contribution in [0.1, 0.15) is 66.9 Å². The summed E-state index contributed by atoms with van der Waals surface area (Å²) in [6.45, 7) is 0. The van der Waals surface area contributed by atoms with Gasteiger partial charge in [0.1, 0.15) is 27.4 Å². The molecule has 8 nitrogen and oxygen atoms in total. The lowest BCUT2D eigenvalue weighted by molar-refractivity contribution is 0.382. The largest absolute Gasteiger partial charge is 0.507 e. The number of aromatic nitrogens is 2. The van der Waals surface area contributed by atoms with Crippen molar-refractivity contribution in [2.75, 3.05) is 4.72 Å². The lowest BCUT2D eigenvalue weighted by Crippen LogP contribution is -2.19. The Hall–Kier alpha value is -3.24. The second kappa shape index (κ2) is 9.57. The summed E-state index contributed by atoms with van der Waals surface area (Å²) in [7, 11) is -3.93.